The Kier molecular flexibility index (Phi) is 3.63. The zero-order chi connectivity index (χ0) is 7.73. The quantitative estimate of drug-likeness (QED) is 0.301. The molecule has 0 aromatic carbocycles. The Morgan fingerprint density at radius 2 is 1.56 bits per heavy atom. The summed E-state index contributed by atoms with van der Waals surface area (Å²) in [6.07, 6.45) is 0. The van der Waals surface area contributed by atoms with Crippen molar-refractivity contribution in [2.75, 3.05) is 4.43 Å². The molecule has 0 aliphatic heterocycles. The first-order valence-electron chi connectivity index (χ1n) is 3.01. The van der Waals surface area contributed by atoms with E-state index in [0.29, 0.717) is 0 Å². The first kappa shape index (κ1) is 10.8. The molecular weight excluding hydrogens is 332 g/mol. The Morgan fingerprint density at radius 3 is 1.56 bits per heavy atom. The van der Waals surface area contributed by atoms with Gasteiger partial charge in [0.1, 0.15) is 0 Å². The molecule has 0 radical (unpaired) electrons. The van der Waals surface area contributed by atoms with Gasteiger partial charge in [0, 0.05) is 0 Å². The molecule has 0 nitrogen and oxygen atoms in total. The topological polar surface area (TPSA) is 0 Å². The van der Waals surface area contributed by atoms with Gasteiger partial charge < -0.3 is 0 Å². The van der Waals surface area contributed by atoms with Gasteiger partial charge in [-0.1, -0.05) is 0 Å². The molecule has 0 heterocycles. The SMILES string of the molecule is BI(B)I(B)(B)(B)CC. The van der Waals surface area contributed by atoms with Gasteiger partial charge in [-0.25, -0.2) is 0 Å². The molecule has 52 valence electrons. The molecule has 0 rings (SSSR count). The second-order valence-corrected chi connectivity index (χ2v) is 54.0. The van der Waals surface area contributed by atoms with Gasteiger partial charge in [-0.05, 0) is 0 Å². The summed E-state index contributed by atoms with van der Waals surface area (Å²) in [4.78, 5) is 0. The molecule has 0 aliphatic carbocycles. The van der Waals surface area contributed by atoms with Crippen LogP contribution in [-0.2, 0) is 0 Å². The molecule has 0 bridgehead atoms. The monoisotopic (exact) mass is 348 g/mol. The maximum atomic E-state index is 2.59. The average Bonchev–Trinajstić information content (AvgIpc) is 1.66. The van der Waals surface area contributed by atoms with Crippen LogP contribution in [0, 0.1) is 0 Å². The van der Waals surface area contributed by atoms with Gasteiger partial charge in [0.25, 0.3) is 0 Å². The van der Waals surface area contributed by atoms with Crippen LogP contribution in [0.25, 0.3) is 0 Å². The fraction of sp³-hybridized carbons (Fsp3) is 1.00. The molecule has 0 saturated heterocycles. The summed E-state index contributed by atoms with van der Waals surface area (Å²) in [7, 11) is 0. The van der Waals surface area contributed by atoms with Gasteiger partial charge in [-0.2, -0.15) is 0 Å². The molecule has 0 aromatic heterocycles. The minimum absolute atomic E-state index is 0.469. The third kappa shape index (κ3) is 3.12. The zero-order valence-electron chi connectivity index (χ0n) is 7.46. The van der Waals surface area contributed by atoms with Crippen LogP contribution in [0.1, 0.15) is 6.92 Å². The van der Waals surface area contributed by atoms with Crippen LogP contribution in [-0.4, -0.2) is 32.9 Å². The average molecular weight is 347 g/mol. The van der Waals surface area contributed by atoms with E-state index in [1.54, 1.807) is 0 Å². The van der Waals surface area contributed by atoms with Crippen LogP contribution < -0.4 is 0 Å². The number of rotatable bonds is 2. The molecule has 0 amide bonds. The van der Waals surface area contributed by atoms with Gasteiger partial charge >= 0.3 is 67.7 Å². The first-order valence-corrected chi connectivity index (χ1v) is 21.6. The predicted octanol–water partition coefficient (Wildman–Crippen LogP) is -2.25. The van der Waals surface area contributed by atoms with Crippen LogP contribution in [0.2, 0.25) is 0 Å². The van der Waals surface area contributed by atoms with Crippen molar-refractivity contribution >= 4 is 56.3 Å². The van der Waals surface area contributed by atoms with E-state index in [-0.39, 0.29) is 0 Å². The van der Waals surface area contributed by atoms with Gasteiger partial charge in [0.05, 0.1) is 0 Å². The Labute approximate surface area is 66.8 Å². The van der Waals surface area contributed by atoms with Gasteiger partial charge in [-0.15, -0.1) is 0 Å². The van der Waals surface area contributed by atoms with Crippen LogP contribution in [0.4, 0.5) is 0 Å². The summed E-state index contributed by atoms with van der Waals surface area (Å²) in [6, 6.07) is 0. The molecule has 0 saturated carbocycles. The van der Waals surface area contributed by atoms with E-state index in [9.17, 15) is 0 Å². The van der Waals surface area contributed by atoms with Crippen molar-refractivity contribution in [3.05, 3.63) is 0 Å². The number of halogens is 2. The van der Waals surface area contributed by atoms with E-state index in [2.05, 4.69) is 35.4 Å². The Morgan fingerprint density at radius 1 is 1.22 bits per heavy atom. The molecule has 0 aliphatic rings. The molecule has 0 unspecified atom stereocenters. The fourth-order valence-corrected chi connectivity index (χ4v) is 9.09. The summed E-state index contributed by atoms with van der Waals surface area (Å²) in [5, 5.41) is 0. The second-order valence-electron chi connectivity index (χ2n) is 3.40. The summed E-state index contributed by atoms with van der Waals surface area (Å²) in [5.74, 6) is 0. The van der Waals surface area contributed by atoms with Gasteiger partial charge in [0.15, 0.2) is 0 Å². The maximum absolute atomic E-state index is 2.59. The second kappa shape index (κ2) is 3.03. The van der Waals surface area contributed by atoms with E-state index >= 15 is 0 Å². The summed E-state index contributed by atoms with van der Waals surface area (Å²) in [5.41, 5.74) is 12.8. The normalized spacial score (nSPS) is 17.9. The van der Waals surface area contributed by atoms with E-state index in [1.165, 1.54) is 4.43 Å². The molecule has 0 N–H and O–H groups in total. The number of alkyl halides is 1. The summed E-state index contributed by atoms with van der Waals surface area (Å²) in [6.45, 7) is 2.38. The number of hydrogen-bond donors (Lipinski definition) is 0. The molecule has 7 heteroatoms. The molecule has 0 fully saturated rings. The van der Waals surface area contributed by atoms with Gasteiger partial charge in [0.2, 0.25) is 0 Å². The molecule has 0 atom stereocenters. The van der Waals surface area contributed by atoms with Crippen molar-refractivity contribution in [1.29, 1.82) is 0 Å². The zero-order valence-corrected chi connectivity index (χ0v) is 11.8. The Balaban J connectivity index is 4.30. The van der Waals surface area contributed by atoms with Crippen LogP contribution >= 0.6 is 27.8 Å². The molecular formula is C2H15B5I2. The van der Waals surface area contributed by atoms with Crippen molar-refractivity contribution in [3.8, 4) is 0 Å². The van der Waals surface area contributed by atoms with Crippen molar-refractivity contribution in [2.45, 2.75) is 6.92 Å². The molecule has 9 heavy (non-hydrogen) atoms. The van der Waals surface area contributed by atoms with E-state index in [4.69, 9.17) is 0 Å². The van der Waals surface area contributed by atoms with E-state index in [1.807, 2.05) is 0 Å². The van der Waals surface area contributed by atoms with E-state index < -0.39 is 27.8 Å². The standard InChI is InChI=1S/C2H15B5I2/c1-2-9(5,6,7)8(3)4/h2-7H2,1H3. The van der Waals surface area contributed by atoms with Crippen molar-refractivity contribution in [3.63, 3.8) is 0 Å². The van der Waals surface area contributed by atoms with Crippen LogP contribution in [0.15, 0.2) is 0 Å². The Hall–Kier alpha value is 1.78. The van der Waals surface area contributed by atoms with Gasteiger partial charge in [-0.3, -0.25) is 0 Å². The molecule has 0 aromatic rings. The molecule has 0 spiro atoms. The minimum atomic E-state index is -1.62. The predicted molar refractivity (Wildman–Crippen MR) is 81.3 cm³/mol. The fourth-order valence-electron chi connectivity index (χ4n) is 0.202. The van der Waals surface area contributed by atoms with Crippen LogP contribution in [0.3, 0.4) is 0 Å². The Bertz CT molecular complexity index is 103. The third-order valence-corrected chi connectivity index (χ3v) is 57.6. The van der Waals surface area contributed by atoms with Crippen molar-refractivity contribution < 1.29 is 0 Å². The first-order chi connectivity index (χ1) is 3.78. The number of hydrogen-bond acceptors (Lipinski definition) is 0. The third-order valence-electron chi connectivity index (χ3n) is 1.96. The van der Waals surface area contributed by atoms with Crippen molar-refractivity contribution in [1.82, 2.24) is 0 Å². The van der Waals surface area contributed by atoms with E-state index in [0.717, 1.165) is 0 Å². The van der Waals surface area contributed by atoms with Crippen LogP contribution in [0.5, 0.6) is 0 Å². The van der Waals surface area contributed by atoms with Crippen molar-refractivity contribution in [2.24, 2.45) is 0 Å². The summed E-state index contributed by atoms with van der Waals surface area (Å²) < 4.78 is 1.50. The summed E-state index contributed by atoms with van der Waals surface area (Å²) >= 11 is -2.09.